The standard InChI is InChI=1S/C10H10ClN3O2/c1-2-16-10(15)14-9-12-7-4-3-6(11)5-8(7)13-9/h3-5H,2H2,1H3,(H2,12,13,14,15). The van der Waals surface area contributed by atoms with Crippen LogP contribution in [0.2, 0.25) is 5.02 Å². The van der Waals surface area contributed by atoms with Crippen LogP contribution in [0.4, 0.5) is 10.7 Å². The average molecular weight is 240 g/mol. The van der Waals surface area contributed by atoms with Gasteiger partial charge < -0.3 is 9.72 Å². The van der Waals surface area contributed by atoms with Gasteiger partial charge in [-0.05, 0) is 25.1 Å². The molecule has 0 aliphatic rings. The zero-order valence-electron chi connectivity index (χ0n) is 8.58. The monoisotopic (exact) mass is 239 g/mol. The molecule has 0 saturated carbocycles. The molecule has 2 aromatic rings. The van der Waals surface area contributed by atoms with E-state index in [-0.39, 0.29) is 0 Å². The molecule has 84 valence electrons. The van der Waals surface area contributed by atoms with E-state index in [4.69, 9.17) is 16.3 Å². The number of imidazole rings is 1. The molecule has 0 saturated heterocycles. The van der Waals surface area contributed by atoms with Crippen molar-refractivity contribution in [3.05, 3.63) is 23.2 Å². The molecule has 6 heteroatoms. The highest BCUT2D eigenvalue weighted by atomic mass is 35.5. The van der Waals surface area contributed by atoms with Crippen LogP contribution >= 0.6 is 11.6 Å². The van der Waals surface area contributed by atoms with E-state index in [0.717, 1.165) is 11.0 Å². The van der Waals surface area contributed by atoms with Crippen LogP contribution in [0.1, 0.15) is 6.92 Å². The number of fused-ring (bicyclic) bond motifs is 1. The van der Waals surface area contributed by atoms with Crippen molar-refractivity contribution in [2.24, 2.45) is 0 Å². The number of rotatable bonds is 2. The molecule has 0 bridgehead atoms. The topological polar surface area (TPSA) is 67.0 Å². The van der Waals surface area contributed by atoms with Crippen molar-refractivity contribution in [1.82, 2.24) is 9.97 Å². The highest BCUT2D eigenvalue weighted by Gasteiger charge is 2.06. The Morgan fingerprint density at radius 3 is 3.19 bits per heavy atom. The molecule has 0 unspecified atom stereocenters. The molecule has 0 aliphatic carbocycles. The van der Waals surface area contributed by atoms with E-state index in [1.807, 2.05) is 0 Å². The number of nitrogens with zero attached hydrogens (tertiary/aromatic N) is 1. The fraction of sp³-hybridized carbons (Fsp3) is 0.200. The number of hydrogen-bond donors (Lipinski definition) is 2. The summed E-state index contributed by atoms with van der Waals surface area (Å²) in [6.07, 6.45) is -0.535. The minimum absolute atomic E-state index is 0.317. The molecule has 2 N–H and O–H groups in total. The zero-order chi connectivity index (χ0) is 11.5. The van der Waals surface area contributed by atoms with Crippen LogP contribution in [0, 0.1) is 0 Å². The summed E-state index contributed by atoms with van der Waals surface area (Å²) < 4.78 is 4.73. The van der Waals surface area contributed by atoms with E-state index in [1.165, 1.54) is 0 Å². The quantitative estimate of drug-likeness (QED) is 0.847. The highest BCUT2D eigenvalue weighted by Crippen LogP contribution is 2.18. The molecule has 0 fully saturated rings. The molecular formula is C10H10ClN3O2. The van der Waals surface area contributed by atoms with Gasteiger partial charge in [0.05, 0.1) is 17.6 Å². The van der Waals surface area contributed by atoms with Gasteiger partial charge in [-0.1, -0.05) is 11.6 Å². The van der Waals surface area contributed by atoms with Crippen LogP contribution in [0.3, 0.4) is 0 Å². The van der Waals surface area contributed by atoms with Gasteiger partial charge in [0.25, 0.3) is 0 Å². The number of nitrogens with one attached hydrogen (secondary N) is 2. The van der Waals surface area contributed by atoms with E-state index in [1.54, 1.807) is 25.1 Å². The van der Waals surface area contributed by atoms with E-state index in [0.29, 0.717) is 17.6 Å². The molecule has 0 atom stereocenters. The molecule has 1 amide bonds. The SMILES string of the molecule is CCOC(=O)Nc1nc2ccc(Cl)cc2[nH]1. The number of amides is 1. The first-order valence-corrected chi connectivity index (χ1v) is 5.16. The Balaban J connectivity index is 2.23. The van der Waals surface area contributed by atoms with Gasteiger partial charge in [-0.25, -0.2) is 9.78 Å². The summed E-state index contributed by atoms with van der Waals surface area (Å²) in [5.74, 6) is 0.343. The van der Waals surface area contributed by atoms with E-state index < -0.39 is 6.09 Å². The summed E-state index contributed by atoms with van der Waals surface area (Å²) >= 11 is 5.82. The second kappa shape index (κ2) is 4.40. The number of hydrogen-bond acceptors (Lipinski definition) is 3. The maximum atomic E-state index is 11.1. The number of benzene rings is 1. The summed E-state index contributed by atoms with van der Waals surface area (Å²) in [7, 11) is 0. The van der Waals surface area contributed by atoms with Gasteiger partial charge in [0, 0.05) is 5.02 Å². The lowest BCUT2D eigenvalue weighted by Gasteiger charge is -2.00. The fourth-order valence-electron chi connectivity index (χ4n) is 1.30. The van der Waals surface area contributed by atoms with Crippen LogP contribution in [0.5, 0.6) is 0 Å². The van der Waals surface area contributed by atoms with Gasteiger partial charge in [-0.15, -0.1) is 0 Å². The first kappa shape index (κ1) is 10.8. The minimum Gasteiger partial charge on any atom is -0.450 e. The minimum atomic E-state index is -0.535. The molecule has 1 aromatic carbocycles. The number of carbonyl (C=O) groups is 1. The van der Waals surface area contributed by atoms with Gasteiger partial charge in [-0.2, -0.15) is 0 Å². The maximum Gasteiger partial charge on any atom is 0.413 e. The summed E-state index contributed by atoms with van der Waals surface area (Å²) in [5.41, 5.74) is 1.50. The van der Waals surface area contributed by atoms with Crippen LogP contribution in [-0.4, -0.2) is 22.7 Å². The summed E-state index contributed by atoms with van der Waals surface area (Å²) in [6.45, 7) is 2.05. The smallest absolute Gasteiger partial charge is 0.413 e. The van der Waals surface area contributed by atoms with Gasteiger partial charge in [0.2, 0.25) is 5.95 Å². The van der Waals surface area contributed by atoms with Crippen molar-refractivity contribution in [2.45, 2.75) is 6.92 Å². The lowest BCUT2D eigenvalue weighted by Crippen LogP contribution is -2.14. The third kappa shape index (κ3) is 2.25. The van der Waals surface area contributed by atoms with E-state index >= 15 is 0 Å². The molecule has 16 heavy (non-hydrogen) atoms. The van der Waals surface area contributed by atoms with Crippen molar-refractivity contribution in [3.63, 3.8) is 0 Å². The molecule has 2 rings (SSSR count). The number of carbonyl (C=O) groups excluding carboxylic acids is 1. The first-order valence-electron chi connectivity index (χ1n) is 4.78. The third-order valence-electron chi connectivity index (χ3n) is 1.94. The highest BCUT2D eigenvalue weighted by molar-refractivity contribution is 6.31. The van der Waals surface area contributed by atoms with Gasteiger partial charge in [0.1, 0.15) is 0 Å². The molecule has 0 spiro atoms. The van der Waals surface area contributed by atoms with E-state index in [9.17, 15) is 4.79 Å². The van der Waals surface area contributed by atoms with Gasteiger partial charge in [-0.3, -0.25) is 5.32 Å². The molecule has 0 radical (unpaired) electrons. The predicted octanol–water partition coefficient (Wildman–Crippen LogP) is 2.78. The Hall–Kier alpha value is -1.75. The molecule has 1 heterocycles. The Labute approximate surface area is 96.8 Å². The Morgan fingerprint density at radius 2 is 2.44 bits per heavy atom. The molecule has 1 aromatic heterocycles. The predicted molar refractivity (Wildman–Crippen MR) is 61.7 cm³/mol. The van der Waals surface area contributed by atoms with Gasteiger partial charge >= 0.3 is 6.09 Å². The van der Waals surface area contributed by atoms with Crippen LogP contribution < -0.4 is 5.32 Å². The van der Waals surface area contributed by atoms with Gasteiger partial charge in [0.15, 0.2) is 0 Å². The fourth-order valence-corrected chi connectivity index (χ4v) is 1.48. The van der Waals surface area contributed by atoms with Crippen molar-refractivity contribution < 1.29 is 9.53 Å². The Morgan fingerprint density at radius 1 is 1.62 bits per heavy atom. The van der Waals surface area contributed by atoms with Crippen LogP contribution in [0.25, 0.3) is 11.0 Å². The van der Waals surface area contributed by atoms with Crippen LogP contribution in [-0.2, 0) is 4.74 Å². The lowest BCUT2D eigenvalue weighted by molar-refractivity contribution is 0.167. The van der Waals surface area contributed by atoms with Crippen molar-refractivity contribution >= 4 is 34.7 Å². The molecule has 0 aliphatic heterocycles. The first-order chi connectivity index (χ1) is 7.69. The Kier molecular flexibility index (Phi) is 2.96. The zero-order valence-corrected chi connectivity index (χ0v) is 9.34. The number of ether oxygens (including phenoxy) is 1. The largest absolute Gasteiger partial charge is 0.450 e. The number of halogens is 1. The summed E-state index contributed by atoms with van der Waals surface area (Å²) in [5, 5.41) is 3.09. The third-order valence-corrected chi connectivity index (χ3v) is 2.17. The number of aromatic amines is 1. The second-order valence-corrected chi connectivity index (χ2v) is 3.53. The summed E-state index contributed by atoms with van der Waals surface area (Å²) in [6, 6.07) is 5.24. The number of aromatic nitrogens is 2. The van der Waals surface area contributed by atoms with Crippen molar-refractivity contribution in [1.29, 1.82) is 0 Å². The second-order valence-electron chi connectivity index (χ2n) is 3.09. The normalized spacial score (nSPS) is 10.4. The van der Waals surface area contributed by atoms with Crippen molar-refractivity contribution in [3.8, 4) is 0 Å². The Bertz CT molecular complexity index is 524. The summed E-state index contributed by atoms with van der Waals surface area (Å²) in [4.78, 5) is 18.2. The maximum absolute atomic E-state index is 11.1. The average Bonchev–Trinajstić information content (AvgIpc) is 2.59. The number of H-pyrrole nitrogens is 1. The molecule has 5 nitrogen and oxygen atoms in total. The van der Waals surface area contributed by atoms with E-state index in [2.05, 4.69) is 15.3 Å². The van der Waals surface area contributed by atoms with Crippen LogP contribution in [0.15, 0.2) is 18.2 Å². The lowest BCUT2D eigenvalue weighted by atomic mass is 10.3. The number of anilines is 1. The van der Waals surface area contributed by atoms with Crippen molar-refractivity contribution in [2.75, 3.05) is 11.9 Å². The molecular weight excluding hydrogens is 230 g/mol.